The van der Waals surface area contributed by atoms with E-state index in [0.29, 0.717) is 6.54 Å². The third kappa shape index (κ3) is 2.31. The van der Waals surface area contributed by atoms with Gasteiger partial charge in [0.1, 0.15) is 0 Å². The maximum absolute atomic E-state index is 14.1. The van der Waals surface area contributed by atoms with Gasteiger partial charge in [-0.3, -0.25) is 0 Å². The van der Waals surface area contributed by atoms with Gasteiger partial charge in [0.25, 0.3) is 0 Å². The second kappa shape index (κ2) is 4.63. The number of halogens is 2. The summed E-state index contributed by atoms with van der Waals surface area (Å²) in [6, 6.07) is 12.4. The Kier molecular flexibility index (Phi) is 2.95. The molecule has 1 heterocycles. The molecule has 2 nitrogen and oxygen atoms in total. The van der Waals surface area contributed by atoms with Crippen LogP contribution >= 0.6 is 0 Å². The fourth-order valence-corrected chi connectivity index (χ4v) is 2.34. The van der Waals surface area contributed by atoms with E-state index in [-0.39, 0.29) is 5.56 Å². The molecule has 0 unspecified atom stereocenters. The van der Waals surface area contributed by atoms with Crippen LogP contribution < -0.4 is 10.4 Å². The quantitative estimate of drug-likeness (QED) is 0.852. The molecule has 98 valence electrons. The molecule has 0 radical (unpaired) electrons. The van der Waals surface area contributed by atoms with E-state index in [2.05, 4.69) is 5.43 Å². The van der Waals surface area contributed by atoms with Crippen LogP contribution in [0.1, 0.15) is 11.1 Å². The number of para-hydroxylation sites is 1. The highest BCUT2D eigenvalue weighted by Gasteiger charge is 2.35. The molecular weight excluding hydrogens is 246 g/mol. The standard InChI is InChI=1S/C15H14F2N2/c16-15(17,13-7-2-1-3-8-13)18-19-11-10-12-6-4-5-9-14(12)19/h1-9,18H,10-11H2. The molecular formula is C15H14F2N2. The third-order valence-electron chi connectivity index (χ3n) is 3.30. The van der Waals surface area contributed by atoms with Crippen molar-refractivity contribution in [3.8, 4) is 0 Å². The van der Waals surface area contributed by atoms with Gasteiger partial charge in [-0.25, -0.2) is 0 Å². The van der Waals surface area contributed by atoms with Gasteiger partial charge < -0.3 is 5.01 Å². The van der Waals surface area contributed by atoms with E-state index in [1.54, 1.807) is 18.2 Å². The summed E-state index contributed by atoms with van der Waals surface area (Å²) in [5.74, 6) is 0. The number of hydrazine groups is 1. The summed E-state index contributed by atoms with van der Waals surface area (Å²) in [4.78, 5) is 0. The first kappa shape index (κ1) is 12.1. The number of hydrogen-bond donors (Lipinski definition) is 1. The summed E-state index contributed by atoms with van der Waals surface area (Å²) < 4.78 is 28.3. The van der Waals surface area contributed by atoms with Crippen LogP contribution in [-0.2, 0) is 12.5 Å². The van der Waals surface area contributed by atoms with Gasteiger partial charge in [0, 0.05) is 12.1 Å². The Labute approximate surface area is 110 Å². The van der Waals surface area contributed by atoms with E-state index in [9.17, 15) is 8.78 Å². The van der Waals surface area contributed by atoms with Gasteiger partial charge >= 0.3 is 6.05 Å². The SMILES string of the molecule is FC(F)(NN1CCc2ccccc21)c1ccccc1. The number of anilines is 1. The fourth-order valence-electron chi connectivity index (χ4n) is 2.34. The highest BCUT2D eigenvalue weighted by Crippen LogP contribution is 2.31. The Balaban J connectivity index is 1.83. The molecule has 1 N–H and O–H groups in total. The van der Waals surface area contributed by atoms with E-state index in [4.69, 9.17) is 0 Å². The number of nitrogens with zero attached hydrogens (tertiary/aromatic N) is 1. The number of benzene rings is 2. The Morgan fingerprint density at radius 1 is 0.947 bits per heavy atom. The Bertz CT molecular complexity index is 569. The minimum absolute atomic E-state index is 0.0284. The van der Waals surface area contributed by atoms with E-state index in [0.717, 1.165) is 17.7 Å². The molecule has 4 heteroatoms. The second-order valence-corrected chi connectivity index (χ2v) is 4.58. The zero-order valence-electron chi connectivity index (χ0n) is 10.3. The van der Waals surface area contributed by atoms with Crippen molar-refractivity contribution in [3.63, 3.8) is 0 Å². The van der Waals surface area contributed by atoms with Crippen molar-refractivity contribution in [1.82, 2.24) is 5.43 Å². The predicted octanol–water partition coefficient (Wildman–Crippen LogP) is 3.30. The molecule has 0 aliphatic carbocycles. The van der Waals surface area contributed by atoms with Gasteiger partial charge in [-0.05, 0) is 18.1 Å². The summed E-state index contributed by atoms with van der Waals surface area (Å²) in [5, 5.41) is 1.53. The summed E-state index contributed by atoms with van der Waals surface area (Å²) in [6.45, 7) is 0.557. The average molecular weight is 260 g/mol. The summed E-state index contributed by atoms with van der Waals surface area (Å²) >= 11 is 0. The van der Waals surface area contributed by atoms with Crippen LogP contribution in [0.2, 0.25) is 0 Å². The van der Waals surface area contributed by atoms with Crippen LogP contribution in [0.25, 0.3) is 0 Å². The Morgan fingerprint density at radius 2 is 1.63 bits per heavy atom. The maximum Gasteiger partial charge on any atom is 0.345 e. The van der Waals surface area contributed by atoms with Gasteiger partial charge in [0.2, 0.25) is 0 Å². The molecule has 0 spiro atoms. The van der Waals surface area contributed by atoms with Crippen molar-refractivity contribution < 1.29 is 8.78 Å². The van der Waals surface area contributed by atoms with Crippen molar-refractivity contribution in [2.75, 3.05) is 11.6 Å². The lowest BCUT2D eigenvalue weighted by Crippen LogP contribution is -2.47. The minimum Gasteiger partial charge on any atom is -0.303 e. The number of rotatable bonds is 3. The molecule has 1 aliphatic heterocycles. The van der Waals surface area contributed by atoms with Crippen LogP contribution in [0, 0.1) is 0 Å². The van der Waals surface area contributed by atoms with Gasteiger partial charge in [-0.15, -0.1) is 0 Å². The first-order chi connectivity index (χ1) is 9.17. The van der Waals surface area contributed by atoms with Gasteiger partial charge in [-0.1, -0.05) is 48.5 Å². The van der Waals surface area contributed by atoms with Crippen molar-refractivity contribution >= 4 is 5.69 Å². The zero-order chi connectivity index (χ0) is 13.3. The monoisotopic (exact) mass is 260 g/mol. The highest BCUT2D eigenvalue weighted by atomic mass is 19.3. The molecule has 19 heavy (non-hydrogen) atoms. The number of hydrogen-bond acceptors (Lipinski definition) is 2. The molecule has 2 aromatic rings. The van der Waals surface area contributed by atoms with Crippen LogP contribution in [0.15, 0.2) is 54.6 Å². The van der Waals surface area contributed by atoms with Gasteiger partial charge in [0.05, 0.1) is 5.69 Å². The number of nitrogens with one attached hydrogen (secondary N) is 1. The number of alkyl halides is 2. The predicted molar refractivity (Wildman–Crippen MR) is 71.0 cm³/mol. The largest absolute Gasteiger partial charge is 0.345 e. The number of fused-ring (bicyclic) bond motifs is 1. The van der Waals surface area contributed by atoms with E-state index >= 15 is 0 Å². The summed E-state index contributed by atoms with van der Waals surface area (Å²) in [6.07, 6.45) is 0.786. The smallest absolute Gasteiger partial charge is 0.303 e. The zero-order valence-corrected chi connectivity index (χ0v) is 10.3. The molecule has 0 amide bonds. The first-order valence-electron chi connectivity index (χ1n) is 6.23. The lowest BCUT2D eigenvalue weighted by atomic mass is 10.2. The molecule has 0 bridgehead atoms. The first-order valence-corrected chi connectivity index (χ1v) is 6.23. The molecule has 0 fully saturated rings. The molecule has 1 aliphatic rings. The Hall–Kier alpha value is -1.94. The molecule has 3 rings (SSSR count). The van der Waals surface area contributed by atoms with E-state index < -0.39 is 6.05 Å². The maximum atomic E-state index is 14.1. The molecule has 0 aromatic heterocycles. The Morgan fingerprint density at radius 3 is 2.42 bits per heavy atom. The summed E-state index contributed by atoms with van der Waals surface area (Å²) in [7, 11) is 0. The summed E-state index contributed by atoms with van der Waals surface area (Å²) in [5.41, 5.74) is 4.23. The molecule has 0 saturated carbocycles. The van der Waals surface area contributed by atoms with Crippen molar-refractivity contribution in [1.29, 1.82) is 0 Å². The van der Waals surface area contributed by atoms with Gasteiger partial charge in [0.15, 0.2) is 0 Å². The van der Waals surface area contributed by atoms with Crippen molar-refractivity contribution in [2.45, 2.75) is 12.5 Å². The van der Waals surface area contributed by atoms with Crippen molar-refractivity contribution in [3.05, 3.63) is 65.7 Å². The van der Waals surface area contributed by atoms with Crippen molar-refractivity contribution in [2.24, 2.45) is 0 Å². The highest BCUT2D eigenvalue weighted by molar-refractivity contribution is 5.57. The third-order valence-corrected chi connectivity index (χ3v) is 3.30. The van der Waals surface area contributed by atoms with Crippen LogP contribution in [0.4, 0.5) is 14.5 Å². The molecule has 2 aromatic carbocycles. The lowest BCUT2D eigenvalue weighted by Gasteiger charge is -2.27. The minimum atomic E-state index is -3.07. The topological polar surface area (TPSA) is 15.3 Å². The van der Waals surface area contributed by atoms with E-state index in [1.165, 1.54) is 17.1 Å². The lowest BCUT2D eigenvalue weighted by molar-refractivity contribution is -0.0436. The van der Waals surface area contributed by atoms with Crippen LogP contribution in [0.3, 0.4) is 0 Å². The van der Waals surface area contributed by atoms with Crippen LogP contribution in [-0.4, -0.2) is 6.54 Å². The normalized spacial score (nSPS) is 14.5. The van der Waals surface area contributed by atoms with E-state index in [1.807, 2.05) is 24.3 Å². The van der Waals surface area contributed by atoms with Crippen LogP contribution in [0.5, 0.6) is 0 Å². The molecule has 0 saturated heterocycles. The second-order valence-electron chi connectivity index (χ2n) is 4.58. The van der Waals surface area contributed by atoms with Gasteiger partial charge in [-0.2, -0.15) is 14.2 Å². The fraction of sp³-hybridized carbons (Fsp3) is 0.200. The molecule has 0 atom stereocenters. The average Bonchev–Trinajstić information content (AvgIpc) is 2.83.